The number of carbonyl (C=O) groups is 1. The third kappa shape index (κ3) is 2.83. The quantitative estimate of drug-likeness (QED) is 0.762. The Bertz CT molecular complexity index is 300. The summed E-state index contributed by atoms with van der Waals surface area (Å²) in [6.45, 7) is 0.948. The molecule has 4 heteroatoms. The predicted octanol–water partition coefficient (Wildman–Crippen LogP) is 1.09. The van der Waals surface area contributed by atoms with Crippen LogP contribution in [0.5, 0.6) is 0 Å². The normalized spacial score (nSPS) is 22.0. The van der Waals surface area contributed by atoms with Gasteiger partial charge in [-0.2, -0.15) is 0 Å². The lowest BCUT2D eigenvalue weighted by atomic mass is 10.1. The largest absolute Gasteiger partial charge is 0.306 e. The summed E-state index contributed by atoms with van der Waals surface area (Å²) in [5.41, 5.74) is 2.83. The van der Waals surface area contributed by atoms with E-state index in [9.17, 15) is 4.79 Å². The van der Waals surface area contributed by atoms with Crippen LogP contribution in [0.3, 0.4) is 0 Å². The van der Waals surface area contributed by atoms with E-state index in [4.69, 9.17) is 0 Å². The molecule has 2 rings (SSSR count). The number of carbonyl (C=O) groups excluding carboxylic acids is 1. The first-order chi connectivity index (χ1) is 7.36. The van der Waals surface area contributed by atoms with E-state index >= 15 is 0 Å². The summed E-state index contributed by atoms with van der Waals surface area (Å²) in [6, 6.07) is 3.75. The topological polar surface area (TPSA) is 46.1 Å². The average Bonchev–Trinajstić information content (AvgIpc) is 2.58. The van der Waals surface area contributed by atoms with Crippen LogP contribution in [-0.4, -0.2) is 23.2 Å². The first-order valence-corrected chi connectivity index (χ1v) is 5.53. The highest BCUT2D eigenvalue weighted by atomic mass is 16.2. The Hall–Kier alpha value is -1.29. The maximum absolute atomic E-state index is 11.8. The minimum atomic E-state index is -0.0325. The molecule has 4 nitrogen and oxygen atoms in total. The van der Waals surface area contributed by atoms with Crippen LogP contribution in [-0.2, 0) is 4.79 Å². The van der Waals surface area contributed by atoms with E-state index in [-0.39, 0.29) is 11.9 Å². The van der Waals surface area contributed by atoms with Gasteiger partial charge >= 0.3 is 0 Å². The van der Waals surface area contributed by atoms with Crippen molar-refractivity contribution in [2.24, 2.45) is 0 Å². The molecule has 0 spiro atoms. The van der Waals surface area contributed by atoms with Gasteiger partial charge in [0.25, 0.3) is 5.91 Å². The molecule has 0 saturated carbocycles. The number of nitrogens with one attached hydrogen (secondary N) is 2. The number of rotatable bonds is 2. The highest BCUT2D eigenvalue weighted by molar-refractivity contribution is 5.88. The van der Waals surface area contributed by atoms with E-state index in [0.29, 0.717) is 0 Å². The average molecular weight is 207 g/mol. The fourth-order valence-corrected chi connectivity index (χ4v) is 1.87. The summed E-state index contributed by atoms with van der Waals surface area (Å²) >= 11 is 0. The lowest BCUT2D eigenvalue weighted by Crippen LogP contribution is -2.42. The first-order valence-electron chi connectivity index (χ1n) is 5.53. The second kappa shape index (κ2) is 4.98. The molecule has 2 N–H and O–H groups in total. The van der Waals surface area contributed by atoms with Crippen LogP contribution in [0.1, 0.15) is 25.7 Å². The molecule has 1 aliphatic rings. The molecule has 1 atom stereocenters. The van der Waals surface area contributed by atoms with E-state index in [1.54, 1.807) is 4.68 Å². The van der Waals surface area contributed by atoms with Crippen LogP contribution in [0.4, 0.5) is 0 Å². The second-order valence-electron chi connectivity index (χ2n) is 3.92. The van der Waals surface area contributed by atoms with Crippen LogP contribution in [0.25, 0.3) is 0 Å². The molecule has 15 heavy (non-hydrogen) atoms. The molecule has 0 aliphatic carbocycles. The van der Waals surface area contributed by atoms with Crippen molar-refractivity contribution < 1.29 is 4.79 Å². The smallest absolute Gasteiger partial charge is 0.255 e. The fourth-order valence-electron chi connectivity index (χ4n) is 1.87. The maximum atomic E-state index is 11.8. The molecule has 82 valence electrons. The maximum Gasteiger partial charge on any atom is 0.255 e. The van der Waals surface area contributed by atoms with Crippen molar-refractivity contribution in [3.63, 3.8) is 0 Å². The van der Waals surface area contributed by atoms with Gasteiger partial charge in [0.2, 0.25) is 0 Å². The van der Waals surface area contributed by atoms with E-state index < -0.39 is 0 Å². The van der Waals surface area contributed by atoms with Crippen LogP contribution < -0.4 is 10.7 Å². The lowest BCUT2D eigenvalue weighted by Gasteiger charge is -2.15. The lowest BCUT2D eigenvalue weighted by molar-refractivity contribution is -0.119. The molecule has 2 heterocycles. The minimum absolute atomic E-state index is 0.0325. The third-order valence-electron chi connectivity index (χ3n) is 2.72. The predicted molar refractivity (Wildman–Crippen MR) is 59.1 cm³/mol. The summed E-state index contributed by atoms with van der Waals surface area (Å²) < 4.78 is 1.69. The zero-order chi connectivity index (χ0) is 10.5. The summed E-state index contributed by atoms with van der Waals surface area (Å²) in [7, 11) is 0. The summed E-state index contributed by atoms with van der Waals surface area (Å²) in [5, 5.41) is 3.27. The Kier molecular flexibility index (Phi) is 3.40. The van der Waals surface area contributed by atoms with Gasteiger partial charge in [-0.05, 0) is 31.5 Å². The van der Waals surface area contributed by atoms with Crippen molar-refractivity contribution in [1.82, 2.24) is 9.99 Å². The van der Waals surface area contributed by atoms with Gasteiger partial charge in [-0.25, -0.2) is 0 Å². The number of amides is 1. The van der Waals surface area contributed by atoms with Gasteiger partial charge < -0.3 is 5.32 Å². The minimum Gasteiger partial charge on any atom is -0.306 e. The third-order valence-corrected chi connectivity index (χ3v) is 2.72. The van der Waals surface area contributed by atoms with Gasteiger partial charge in [-0.15, -0.1) is 0 Å². The summed E-state index contributed by atoms with van der Waals surface area (Å²) in [6.07, 6.45) is 8.13. The highest BCUT2D eigenvalue weighted by Gasteiger charge is 2.19. The molecule has 1 unspecified atom stereocenters. The van der Waals surface area contributed by atoms with Gasteiger partial charge in [0.15, 0.2) is 0 Å². The molecule has 0 bridgehead atoms. The molecular formula is C11H17N3O. The molecule has 1 aliphatic heterocycles. The molecular weight excluding hydrogens is 190 g/mol. The van der Waals surface area contributed by atoms with E-state index in [2.05, 4.69) is 10.7 Å². The number of aromatic nitrogens is 1. The van der Waals surface area contributed by atoms with Crippen molar-refractivity contribution in [3.8, 4) is 0 Å². The van der Waals surface area contributed by atoms with Crippen LogP contribution in [0.2, 0.25) is 0 Å². The Labute approximate surface area is 89.6 Å². The first kappa shape index (κ1) is 10.2. The van der Waals surface area contributed by atoms with Gasteiger partial charge in [-0.1, -0.05) is 12.8 Å². The van der Waals surface area contributed by atoms with Crippen molar-refractivity contribution in [2.45, 2.75) is 31.7 Å². The van der Waals surface area contributed by atoms with Gasteiger partial charge in [0.05, 0.1) is 6.04 Å². The zero-order valence-corrected chi connectivity index (χ0v) is 8.78. The highest BCUT2D eigenvalue weighted by Crippen LogP contribution is 2.08. The number of hydrogen-bond donors (Lipinski definition) is 2. The van der Waals surface area contributed by atoms with Gasteiger partial charge in [0.1, 0.15) is 0 Å². The van der Waals surface area contributed by atoms with E-state index in [1.807, 2.05) is 24.5 Å². The van der Waals surface area contributed by atoms with E-state index in [0.717, 1.165) is 19.4 Å². The SMILES string of the molecule is O=C(Nn1cccc1)C1CCCCCN1. The number of nitrogens with zero attached hydrogens (tertiary/aromatic N) is 1. The van der Waals surface area contributed by atoms with Gasteiger partial charge in [0, 0.05) is 12.4 Å². The van der Waals surface area contributed by atoms with Crippen molar-refractivity contribution in [3.05, 3.63) is 24.5 Å². The Morgan fingerprint density at radius 3 is 2.87 bits per heavy atom. The molecule has 1 aromatic heterocycles. The molecule has 0 aromatic carbocycles. The van der Waals surface area contributed by atoms with E-state index in [1.165, 1.54) is 12.8 Å². The molecule has 1 amide bonds. The Balaban J connectivity index is 1.89. The van der Waals surface area contributed by atoms with Crippen molar-refractivity contribution in [1.29, 1.82) is 0 Å². The standard InChI is InChI=1S/C11H17N3O/c15-11(13-14-8-4-5-9-14)10-6-2-1-3-7-12-10/h4-5,8-10,12H,1-3,6-7H2,(H,13,15). The zero-order valence-electron chi connectivity index (χ0n) is 8.78. The molecule has 1 fully saturated rings. The number of hydrogen-bond acceptors (Lipinski definition) is 2. The van der Waals surface area contributed by atoms with Crippen LogP contribution >= 0.6 is 0 Å². The van der Waals surface area contributed by atoms with Crippen molar-refractivity contribution in [2.75, 3.05) is 12.0 Å². The van der Waals surface area contributed by atoms with Crippen molar-refractivity contribution >= 4 is 5.91 Å². The summed E-state index contributed by atoms with van der Waals surface area (Å²) in [4.78, 5) is 11.8. The summed E-state index contributed by atoms with van der Waals surface area (Å²) in [5.74, 6) is 0.0631. The van der Waals surface area contributed by atoms with Crippen LogP contribution in [0, 0.1) is 0 Å². The Morgan fingerprint density at radius 2 is 2.07 bits per heavy atom. The van der Waals surface area contributed by atoms with Gasteiger partial charge in [-0.3, -0.25) is 14.9 Å². The molecule has 0 radical (unpaired) electrons. The molecule has 1 aromatic rings. The fraction of sp³-hybridized carbons (Fsp3) is 0.545. The van der Waals surface area contributed by atoms with Crippen LogP contribution in [0.15, 0.2) is 24.5 Å². The second-order valence-corrected chi connectivity index (χ2v) is 3.92. The monoisotopic (exact) mass is 207 g/mol. The Morgan fingerprint density at radius 1 is 1.27 bits per heavy atom. The molecule has 1 saturated heterocycles.